The molecule has 3 unspecified atom stereocenters. The van der Waals surface area contributed by atoms with Crippen LogP contribution in [0.2, 0.25) is 5.02 Å². The van der Waals surface area contributed by atoms with Crippen molar-refractivity contribution in [1.82, 2.24) is 0 Å². The Hall–Kier alpha value is -1.49. The summed E-state index contributed by atoms with van der Waals surface area (Å²) in [6, 6.07) is 3.42. The highest BCUT2D eigenvalue weighted by atomic mass is 35.5. The molecular weight excluding hydrogens is 303 g/mol. The lowest BCUT2D eigenvalue weighted by molar-refractivity contribution is -0.137. The second-order valence-electron chi connectivity index (χ2n) is 5.57. The minimum Gasteiger partial charge on any atom is -0.326 e. The van der Waals surface area contributed by atoms with Crippen LogP contribution in [0.25, 0.3) is 0 Å². The van der Waals surface area contributed by atoms with E-state index in [1.165, 1.54) is 6.07 Å². The van der Waals surface area contributed by atoms with Crippen LogP contribution >= 0.6 is 11.6 Å². The molecule has 0 saturated heterocycles. The van der Waals surface area contributed by atoms with Gasteiger partial charge in [0, 0.05) is 11.6 Å². The molecule has 0 aliphatic heterocycles. The summed E-state index contributed by atoms with van der Waals surface area (Å²) in [6.45, 7) is 0. The maximum atomic E-state index is 12.8. The standard InChI is InChI=1S/C15H13ClF3NO/c16-13-4-3-10(7-12(13)15(17,18)19)20-14(21)11-6-8-1-2-9(11)5-8/h1-4,7-9,11H,5-6H2,(H,20,21). The fraction of sp³-hybridized carbons (Fsp3) is 0.400. The van der Waals surface area contributed by atoms with Crippen molar-refractivity contribution < 1.29 is 18.0 Å². The quantitative estimate of drug-likeness (QED) is 0.799. The molecule has 1 aromatic carbocycles. The van der Waals surface area contributed by atoms with Crippen LogP contribution in [-0.2, 0) is 11.0 Å². The predicted molar refractivity (Wildman–Crippen MR) is 73.9 cm³/mol. The van der Waals surface area contributed by atoms with E-state index < -0.39 is 11.7 Å². The highest BCUT2D eigenvalue weighted by molar-refractivity contribution is 6.31. The highest BCUT2D eigenvalue weighted by Crippen LogP contribution is 2.44. The molecule has 112 valence electrons. The molecule has 1 aromatic rings. The third-order valence-electron chi connectivity index (χ3n) is 4.15. The first-order valence-corrected chi connectivity index (χ1v) is 7.08. The monoisotopic (exact) mass is 315 g/mol. The first-order valence-electron chi connectivity index (χ1n) is 6.70. The Morgan fingerprint density at radius 3 is 2.57 bits per heavy atom. The van der Waals surface area contributed by atoms with Crippen LogP contribution in [0.5, 0.6) is 0 Å². The summed E-state index contributed by atoms with van der Waals surface area (Å²) in [7, 11) is 0. The minimum absolute atomic E-state index is 0.128. The summed E-state index contributed by atoms with van der Waals surface area (Å²) in [5.74, 6) is 0.276. The van der Waals surface area contributed by atoms with E-state index in [2.05, 4.69) is 11.4 Å². The zero-order valence-electron chi connectivity index (χ0n) is 11.0. The van der Waals surface area contributed by atoms with Crippen molar-refractivity contribution in [2.24, 2.45) is 17.8 Å². The van der Waals surface area contributed by atoms with Gasteiger partial charge in [-0.05, 0) is 42.9 Å². The SMILES string of the molecule is O=C(Nc1ccc(Cl)c(C(F)(F)F)c1)C1CC2C=CC1C2. The van der Waals surface area contributed by atoms with Gasteiger partial charge in [-0.15, -0.1) is 0 Å². The Balaban J connectivity index is 1.76. The molecule has 0 spiro atoms. The zero-order chi connectivity index (χ0) is 15.2. The molecule has 1 N–H and O–H groups in total. The van der Waals surface area contributed by atoms with Crippen LogP contribution in [0, 0.1) is 17.8 Å². The molecule has 0 radical (unpaired) electrons. The lowest BCUT2D eigenvalue weighted by Crippen LogP contribution is -2.26. The van der Waals surface area contributed by atoms with E-state index in [1.54, 1.807) is 0 Å². The van der Waals surface area contributed by atoms with Crippen molar-refractivity contribution in [3.63, 3.8) is 0 Å². The second kappa shape index (κ2) is 5.05. The lowest BCUT2D eigenvalue weighted by Gasteiger charge is -2.18. The number of allylic oxidation sites excluding steroid dienone is 2. The fourth-order valence-electron chi connectivity index (χ4n) is 3.14. The summed E-state index contributed by atoms with van der Waals surface area (Å²) >= 11 is 5.55. The van der Waals surface area contributed by atoms with Crippen LogP contribution in [0.15, 0.2) is 30.4 Å². The maximum absolute atomic E-state index is 12.8. The van der Waals surface area contributed by atoms with Gasteiger partial charge in [0.15, 0.2) is 0 Å². The van der Waals surface area contributed by atoms with E-state index in [9.17, 15) is 18.0 Å². The molecule has 1 fully saturated rings. The summed E-state index contributed by atoms with van der Waals surface area (Å²) < 4.78 is 38.3. The van der Waals surface area contributed by atoms with E-state index in [0.717, 1.165) is 25.0 Å². The van der Waals surface area contributed by atoms with Crippen LogP contribution in [0.4, 0.5) is 18.9 Å². The molecule has 21 heavy (non-hydrogen) atoms. The molecule has 1 amide bonds. The molecule has 6 heteroatoms. The average molecular weight is 316 g/mol. The molecule has 2 aliphatic carbocycles. The summed E-state index contributed by atoms with van der Waals surface area (Å²) in [5, 5.41) is 2.21. The minimum atomic E-state index is -4.53. The number of anilines is 1. The van der Waals surface area contributed by atoms with E-state index in [4.69, 9.17) is 11.6 Å². The van der Waals surface area contributed by atoms with Crippen LogP contribution in [-0.4, -0.2) is 5.91 Å². The molecule has 0 aromatic heterocycles. The van der Waals surface area contributed by atoms with Gasteiger partial charge in [0.25, 0.3) is 0 Å². The number of rotatable bonds is 2. The van der Waals surface area contributed by atoms with Gasteiger partial charge in [-0.2, -0.15) is 13.2 Å². The third-order valence-corrected chi connectivity index (χ3v) is 4.48. The smallest absolute Gasteiger partial charge is 0.326 e. The number of alkyl halides is 3. The number of halogens is 4. The summed E-state index contributed by atoms with van der Waals surface area (Å²) in [4.78, 5) is 12.2. The van der Waals surface area contributed by atoms with E-state index in [0.29, 0.717) is 5.92 Å². The fourth-order valence-corrected chi connectivity index (χ4v) is 3.36. The number of fused-ring (bicyclic) bond motifs is 2. The summed E-state index contributed by atoms with van der Waals surface area (Å²) in [5.41, 5.74) is -0.807. The Kier molecular flexibility index (Phi) is 3.48. The number of carbonyl (C=O) groups excluding carboxylic acids is 1. The molecule has 0 heterocycles. The molecule has 3 rings (SSSR count). The van der Waals surface area contributed by atoms with E-state index >= 15 is 0 Å². The Morgan fingerprint density at radius 2 is 2.00 bits per heavy atom. The van der Waals surface area contributed by atoms with Gasteiger partial charge in [0.05, 0.1) is 10.6 Å². The second-order valence-corrected chi connectivity index (χ2v) is 5.98. The molecule has 2 aliphatic rings. The number of benzene rings is 1. The topological polar surface area (TPSA) is 29.1 Å². The number of nitrogens with one attached hydrogen (secondary N) is 1. The Morgan fingerprint density at radius 1 is 1.24 bits per heavy atom. The number of hydrogen-bond donors (Lipinski definition) is 1. The molecule has 3 atom stereocenters. The number of hydrogen-bond acceptors (Lipinski definition) is 1. The zero-order valence-corrected chi connectivity index (χ0v) is 11.7. The average Bonchev–Trinajstić information content (AvgIpc) is 3.02. The van der Waals surface area contributed by atoms with Gasteiger partial charge in [-0.1, -0.05) is 23.8 Å². The van der Waals surface area contributed by atoms with Gasteiger partial charge < -0.3 is 5.32 Å². The van der Waals surface area contributed by atoms with Crippen molar-refractivity contribution in [2.75, 3.05) is 5.32 Å². The largest absolute Gasteiger partial charge is 0.417 e. The van der Waals surface area contributed by atoms with Crippen molar-refractivity contribution >= 4 is 23.2 Å². The highest BCUT2D eigenvalue weighted by Gasteiger charge is 2.40. The van der Waals surface area contributed by atoms with Gasteiger partial charge in [-0.3, -0.25) is 4.79 Å². The first-order chi connectivity index (χ1) is 9.84. The Labute approximate surface area is 125 Å². The predicted octanol–water partition coefficient (Wildman–Crippen LogP) is 4.51. The first kappa shape index (κ1) is 14.4. The van der Waals surface area contributed by atoms with Crippen molar-refractivity contribution in [1.29, 1.82) is 0 Å². The van der Waals surface area contributed by atoms with Gasteiger partial charge in [-0.25, -0.2) is 0 Å². The van der Waals surface area contributed by atoms with Crippen LogP contribution < -0.4 is 5.32 Å². The summed E-state index contributed by atoms with van der Waals surface area (Å²) in [6.07, 6.45) is 1.34. The number of carbonyl (C=O) groups is 1. The molecule has 1 saturated carbocycles. The van der Waals surface area contributed by atoms with Gasteiger partial charge in [0.2, 0.25) is 5.91 Å². The maximum Gasteiger partial charge on any atom is 0.417 e. The third kappa shape index (κ3) is 2.79. The normalized spacial score (nSPS) is 27.1. The lowest BCUT2D eigenvalue weighted by atomic mass is 9.93. The van der Waals surface area contributed by atoms with E-state index in [-0.39, 0.29) is 28.5 Å². The van der Waals surface area contributed by atoms with Crippen LogP contribution in [0.1, 0.15) is 18.4 Å². The van der Waals surface area contributed by atoms with Gasteiger partial charge in [0.1, 0.15) is 0 Å². The Bertz CT molecular complexity index is 611. The van der Waals surface area contributed by atoms with Crippen molar-refractivity contribution in [3.05, 3.63) is 40.9 Å². The molecule has 2 bridgehead atoms. The van der Waals surface area contributed by atoms with Gasteiger partial charge >= 0.3 is 6.18 Å². The molecule has 2 nitrogen and oxygen atoms in total. The van der Waals surface area contributed by atoms with Crippen LogP contribution in [0.3, 0.4) is 0 Å². The van der Waals surface area contributed by atoms with Crippen molar-refractivity contribution in [2.45, 2.75) is 19.0 Å². The van der Waals surface area contributed by atoms with Crippen molar-refractivity contribution in [3.8, 4) is 0 Å². The number of amides is 1. The molecular formula is C15H13ClF3NO. The van der Waals surface area contributed by atoms with E-state index in [1.807, 2.05) is 6.08 Å².